The molecule has 0 aromatic carbocycles. The van der Waals surface area contributed by atoms with Crippen LogP contribution in [0.1, 0.15) is 43.0 Å². The summed E-state index contributed by atoms with van der Waals surface area (Å²) in [5.41, 5.74) is 3.08. The van der Waals surface area contributed by atoms with Crippen LogP contribution in [-0.2, 0) is 0 Å². The number of carbonyl (C=O) groups excluding carboxylic acids is 1. The second-order valence-electron chi connectivity index (χ2n) is 5.65. The van der Waals surface area contributed by atoms with Gasteiger partial charge in [-0.1, -0.05) is 25.5 Å². The van der Waals surface area contributed by atoms with Gasteiger partial charge in [0.05, 0.1) is 5.56 Å². The van der Waals surface area contributed by atoms with Crippen molar-refractivity contribution in [1.82, 2.24) is 15.4 Å². The van der Waals surface area contributed by atoms with Gasteiger partial charge >= 0.3 is 0 Å². The standard InChI is InChI=1S/C15H22N4O2/c1-4-11-5-10(2)6-13(7-11)19(3)15-16-8-12(9-17-15)14(20)18-21/h8-9,11,13,21H,2,4-7H2,1,3H3,(H,18,20). The summed E-state index contributed by atoms with van der Waals surface area (Å²) in [4.78, 5) is 21.7. The summed E-state index contributed by atoms with van der Waals surface area (Å²) in [5.74, 6) is 0.637. The van der Waals surface area contributed by atoms with Gasteiger partial charge < -0.3 is 4.90 Å². The molecule has 1 aliphatic carbocycles. The van der Waals surface area contributed by atoms with E-state index in [4.69, 9.17) is 5.21 Å². The number of hydrogen-bond acceptors (Lipinski definition) is 5. The third-order valence-electron chi connectivity index (χ3n) is 4.15. The van der Waals surface area contributed by atoms with E-state index in [1.54, 1.807) is 5.48 Å². The second-order valence-corrected chi connectivity index (χ2v) is 5.65. The highest BCUT2D eigenvalue weighted by Crippen LogP contribution is 2.33. The second kappa shape index (κ2) is 6.67. The lowest BCUT2D eigenvalue weighted by atomic mass is 9.81. The lowest BCUT2D eigenvalue weighted by Gasteiger charge is -2.36. The van der Waals surface area contributed by atoms with Crippen LogP contribution in [0.4, 0.5) is 5.95 Å². The number of anilines is 1. The Balaban J connectivity index is 2.10. The maximum atomic E-state index is 11.3. The molecule has 1 aliphatic rings. The quantitative estimate of drug-likeness (QED) is 0.505. The van der Waals surface area contributed by atoms with E-state index in [2.05, 4.69) is 23.5 Å². The summed E-state index contributed by atoms with van der Waals surface area (Å²) in [7, 11) is 1.97. The van der Waals surface area contributed by atoms with Crippen molar-refractivity contribution in [2.75, 3.05) is 11.9 Å². The van der Waals surface area contributed by atoms with Gasteiger partial charge in [0, 0.05) is 25.5 Å². The predicted octanol–water partition coefficient (Wildman–Crippen LogP) is 2.17. The van der Waals surface area contributed by atoms with Crippen molar-refractivity contribution in [3.63, 3.8) is 0 Å². The van der Waals surface area contributed by atoms with Crippen LogP contribution in [0.3, 0.4) is 0 Å². The Morgan fingerprint density at radius 3 is 2.71 bits per heavy atom. The smallest absolute Gasteiger partial charge is 0.277 e. The molecule has 1 saturated carbocycles. The lowest BCUT2D eigenvalue weighted by molar-refractivity contribution is 0.0705. The third kappa shape index (κ3) is 3.58. The summed E-state index contributed by atoms with van der Waals surface area (Å²) in [6.45, 7) is 6.35. The summed E-state index contributed by atoms with van der Waals surface area (Å²) in [6.07, 6.45) is 7.15. The lowest BCUT2D eigenvalue weighted by Crippen LogP contribution is -2.37. The number of hydrogen-bond donors (Lipinski definition) is 2. The highest BCUT2D eigenvalue weighted by molar-refractivity contribution is 5.92. The van der Waals surface area contributed by atoms with Gasteiger partial charge in [0.2, 0.25) is 5.95 Å². The molecule has 1 fully saturated rings. The van der Waals surface area contributed by atoms with E-state index in [-0.39, 0.29) is 5.56 Å². The zero-order valence-corrected chi connectivity index (χ0v) is 12.5. The van der Waals surface area contributed by atoms with Gasteiger partial charge in [0.15, 0.2) is 0 Å². The molecule has 6 nitrogen and oxygen atoms in total. The zero-order chi connectivity index (χ0) is 15.4. The van der Waals surface area contributed by atoms with E-state index in [9.17, 15) is 4.79 Å². The number of hydroxylamine groups is 1. The molecule has 2 atom stereocenters. The van der Waals surface area contributed by atoms with Crippen molar-refractivity contribution in [2.45, 2.75) is 38.6 Å². The highest BCUT2D eigenvalue weighted by Gasteiger charge is 2.27. The van der Waals surface area contributed by atoms with Crippen LogP contribution in [0, 0.1) is 5.92 Å². The molecule has 1 aromatic heterocycles. The van der Waals surface area contributed by atoms with Crippen LogP contribution in [0.25, 0.3) is 0 Å². The van der Waals surface area contributed by atoms with E-state index >= 15 is 0 Å². The van der Waals surface area contributed by atoms with E-state index in [0.29, 0.717) is 17.9 Å². The molecular formula is C15H22N4O2. The van der Waals surface area contributed by atoms with Crippen LogP contribution >= 0.6 is 0 Å². The summed E-state index contributed by atoms with van der Waals surface area (Å²) >= 11 is 0. The molecule has 0 saturated heterocycles. The van der Waals surface area contributed by atoms with Crippen LogP contribution in [0.2, 0.25) is 0 Å². The fraction of sp³-hybridized carbons (Fsp3) is 0.533. The van der Waals surface area contributed by atoms with Gasteiger partial charge in [0.25, 0.3) is 5.91 Å². The largest absolute Gasteiger partial charge is 0.341 e. The van der Waals surface area contributed by atoms with Crippen LogP contribution in [0.5, 0.6) is 0 Å². The Morgan fingerprint density at radius 2 is 2.14 bits per heavy atom. The molecule has 2 N–H and O–H groups in total. The molecule has 1 amide bonds. The molecule has 0 radical (unpaired) electrons. The average Bonchev–Trinajstić information content (AvgIpc) is 2.52. The van der Waals surface area contributed by atoms with Gasteiger partial charge in [-0.2, -0.15) is 0 Å². The molecule has 0 aliphatic heterocycles. The Morgan fingerprint density at radius 1 is 1.48 bits per heavy atom. The number of amides is 1. The monoisotopic (exact) mass is 290 g/mol. The van der Waals surface area contributed by atoms with Gasteiger partial charge in [-0.25, -0.2) is 15.4 Å². The molecule has 6 heteroatoms. The average molecular weight is 290 g/mol. The first-order chi connectivity index (χ1) is 10.0. The molecule has 2 unspecified atom stereocenters. The molecule has 0 bridgehead atoms. The zero-order valence-electron chi connectivity index (χ0n) is 12.5. The first-order valence-electron chi connectivity index (χ1n) is 7.21. The van der Waals surface area contributed by atoms with Crippen LogP contribution < -0.4 is 10.4 Å². The van der Waals surface area contributed by atoms with Gasteiger partial charge in [-0.15, -0.1) is 0 Å². The minimum Gasteiger partial charge on any atom is -0.341 e. The maximum Gasteiger partial charge on any atom is 0.277 e. The predicted molar refractivity (Wildman–Crippen MR) is 80.2 cm³/mol. The number of nitrogens with one attached hydrogen (secondary N) is 1. The summed E-state index contributed by atoms with van der Waals surface area (Å²) < 4.78 is 0. The van der Waals surface area contributed by atoms with Crippen molar-refractivity contribution in [1.29, 1.82) is 0 Å². The Bertz CT molecular complexity index is 515. The summed E-state index contributed by atoms with van der Waals surface area (Å²) in [6, 6.07) is 0.341. The molecule has 21 heavy (non-hydrogen) atoms. The minimum atomic E-state index is -0.610. The third-order valence-corrected chi connectivity index (χ3v) is 4.15. The van der Waals surface area contributed by atoms with Crippen molar-refractivity contribution >= 4 is 11.9 Å². The van der Waals surface area contributed by atoms with Gasteiger partial charge in [-0.3, -0.25) is 10.0 Å². The number of nitrogens with zero attached hydrogens (tertiary/aromatic N) is 3. The van der Waals surface area contributed by atoms with Crippen molar-refractivity contribution in [3.8, 4) is 0 Å². The van der Waals surface area contributed by atoms with Crippen molar-refractivity contribution < 1.29 is 10.0 Å². The first-order valence-corrected chi connectivity index (χ1v) is 7.21. The Hall–Kier alpha value is -1.95. The van der Waals surface area contributed by atoms with Crippen molar-refractivity contribution in [3.05, 3.63) is 30.1 Å². The van der Waals surface area contributed by atoms with Crippen LogP contribution in [0.15, 0.2) is 24.5 Å². The Labute approximate surface area is 124 Å². The Kier molecular flexibility index (Phi) is 4.90. The molecule has 1 heterocycles. The fourth-order valence-electron chi connectivity index (χ4n) is 2.83. The van der Waals surface area contributed by atoms with Gasteiger partial charge in [0.1, 0.15) is 0 Å². The normalized spacial score (nSPS) is 22.0. The van der Waals surface area contributed by atoms with E-state index in [1.165, 1.54) is 18.0 Å². The molecule has 1 aromatic rings. The number of rotatable bonds is 4. The molecule has 0 spiro atoms. The van der Waals surface area contributed by atoms with Crippen LogP contribution in [-0.4, -0.2) is 34.2 Å². The SMILES string of the molecule is C=C1CC(CC)CC(N(C)c2ncc(C(=O)NO)cn2)C1. The van der Waals surface area contributed by atoms with E-state index < -0.39 is 5.91 Å². The maximum absolute atomic E-state index is 11.3. The highest BCUT2D eigenvalue weighted by atomic mass is 16.5. The van der Waals surface area contributed by atoms with Gasteiger partial charge in [-0.05, 0) is 25.2 Å². The molecule has 2 rings (SSSR count). The van der Waals surface area contributed by atoms with E-state index in [1.807, 2.05) is 11.9 Å². The number of carbonyl (C=O) groups is 1. The van der Waals surface area contributed by atoms with Crippen molar-refractivity contribution in [2.24, 2.45) is 5.92 Å². The number of aromatic nitrogens is 2. The molecular weight excluding hydrogens is 268 g/mol. The van der Waals surface area contributed by atoms with E-state index in [0.717, 1.165) is 25.7 Å². The minimum absolute atomic E-state index is 0.231. The fourth-order valence-corrected chi connectivity index (χ4v) is 2.83. The first kappa shape index (κ1) is 15.4. The summed E-state index contributed by atoms with van der Waals surface area (Å²) in [5, 5.41) is 8.58. The molecule has 114 valence electrons. The topological polar surface area (TPSA) is 78.4 Å².